The van der Waals surface area contributed by atoms with Crippen molar-refractivity contribution in [3.05, 3.63) is 77.5 Å². The number of rotatable bonds is 5. The maximum Gasteiger partial charge on any atom is 0.416 e. The summed E-state index contributed by atoms with van der Waals surface area (Å²) >= 11 is 0. The van der Waals surface area contributed by atoms with Gasteiger partial charge in [-0.1, -0.05) is 12.1 Å². The lowest BCUT2D eigenvalue weighted by molar-refractivity contribution is -0.137. The van der Waals surface area contributed by atoms with E-state index in [4.69, 9.17) is 0 Å². The van der Waals surface area contributed by atoms with Gasteiger partial charge in [-0.3, -0.25) is 9.59 Å². The third-order valence-corrected chi connectivity index (χ3v) is 6.57. The van der Waals surface area contributed by atoms with Gasteiger partial charge in [0.1, 0.15) is 0 Å². The predicted molar refractivity (Wildman–Crippen MR) is 144 cm³/mol. The standard InChI is InChI=1S/C28H25F3N6O2/c1-16-3-4-18(12-21(16)17-5-7-22-19(11-17)14-34-27(32-2)36-22)26(39)35-23-13-20(28(29,30)31)6-8-24(23)37-10-9-33-25(38)15-37/h3-8,11-14H,9-10,15H2,1-2H3,(H,33,38)(H,35,39)(H,32,34,36). The molecule has 0 atom stereocenters. The number of carbonyl (C=O) groups is 2. The van der Waals surface area contributed by atoms with Crippen LogP contribution in [0.15, 0.2) is 60.8 Å². The molecule has 1 aromatic heterocycles. The summed E-state index contributed by atoms with van der Waals surface area (Å²) in [6.07, 6.45) is -2.89. The van der Waals surface area contributed by atoms with Crippen LogP contribution in [-0.4, -0.2) is 48.5 Å². The Morgan fingerprint density at radius 1 is 1.08 bits per heavy atom. The average Bonchev–Trinajstić information content (AvgIpc) is 2.92. The van der Waals surface area contributed by atoms with E-state index in [2.05, 4.69) is 25.9 Å². The molecule has 8 nitrogen and oxygen atoms in total. The number of hydrogen-bond donors (Lipinski definition) is 3. The molecule has 1 fully saturated rings. The van der Waals surface area contributed by atoms with Crippen molar-refractivity contribution in [3.8, 4) is 11.1 Å². The summed E-state index contributed by atoms with van der Waals surface area (Å²) in [6.45, 7) is 2.64. The van der Waals surface area contributed by atoms with E-state index in [1.807, 2.05) is 25.1 Å². The number of amides is 2. The molecule has 2 amide bonds. The summed E-state index contributed by atoms with van der Waals surface area (Å²) in [4.78, 5) is 35.6. The summed E-state index contributed by atoms with van der Waals surface area (Å²) in [6, 6.07) is 13.9. The van der Waals surface area contributed by atoms with Gasteiger partial charge in [0.05, 0.1) is 29.0 Å². The first-order chi connectivity index (χ1) is 18.6. The summed E-state index contributed by atoms with van der Waals surface area (Å²) in [7, 11) is 1.74. The molecule has 3 N–H and O–H groups in total. The third-order valence-electron chi connectivity index (χ3n) is 6.57. The summed E-state index contributed by atoms with van der Waals surface area (Å²) < 4.78 is 40.5. The molecule has 0 unspecified atom stereocenters. The van der Waals surface area contributed by atoms with E-state index in [1.165, 1.54) is 6.07 Å². The quantitative estimate of drug-likeness (QED) is 0.339. The van der Waals surface area contributed by atoms with Gasteiger partial charge in [-0.25, -0.2) is 9.97 Å². The Labute approximate surface area is 222 Å². The van der Waals surface area contributed by atoms with Crippen LogP contribution in [0.4, 0.5) is 30.5 Å². The normalized spacial score (nSPS) is 13.8. The third kappa shape index (κ3) is 5.47. The van der Waals surface area contributed by atoms with Crippen LogP contribution in [0.3, 0.4) is 0 Å². The minimum atomic E-state index is -4.60. The SMILES string of the molecule is CNc1ncc2cc(-c3cc(C(=O)Nc4cc(C(F)(F)F)ccc4N4CCNC(=O)C4)ccc3C)ccc2n1. The van der Waals surface area contributed by atoms with E-state index in [9.17, 15) is 22.8 Å². The first-order valence-corrected chi connectivity index (χ1v) is 12.2. The van der Waals surface area contributed by atoms with E-state index in [0.29, 0.717) is 24.7 Å². The lowest BCUT2D eigenvalue weighted by Gasteiger charge is -2.30. The van der Waals surface area contributed by atoms with E-state index in [-0.39, 0.29) is 23.7 Å². The first-order valence-electron chi connectivity index (χ1n) is 12.2. The fourth-order valence-corrected chi connectivity index (χ4v) is 4.52. The van der Waals surface area contributed by atoms with Crippen LogP contribution in [0.2, 0.25) is 0 Å². The van der Waals surface area contributed by atoms with Crippen LogP contribution >= 0.6 is 0 Å². The molecule has 1 saturated heterocycles. The molecule has 0 aliphatic carbocycles. The van der Waals surface area contributed by atoms with Crippen LogP contribution in [0, 0.1) is 6.92 Å². The van der Waals surface area contributed by atoms with E-state index in [1.54, 1.807) is 36.3 Å². The number of carbonyl (C=O) groups excluding carboxylic acids is 2. The van der Waals surface area contributed by atoms with Crippen LogP contribution < -0.4 is 20.9 Å². The Hall–Kier alpha value is -4.67. The maximum atomic E-state index is 13.5. The molecule has 1 aliphatic heterocycles. The summed E-state index contributed by atoms with van der Waals surface area (Å²) in [5.41, 5.74) is 3.01. The van der Waals surface area contributed by atoms with Crippen molar-refractivity contribution >= 4 is 40.0 Å². The van der Waals surface area contributed by atoms with Crippen molar-refractivity contribution in [1.82, 2.24) is 15.3 Å². The van der Waals surface area contributed by atoms with E-state index < -0.39 is 17.6 Å². The van der Waals surface area contributed by atoms with Gasteiger partial charge in [0.2, 0.25) is 11.9 Å². The molecule has 39 heavy (non-hydrogen) atoms. The Bertz CT molecular complexity index is 1590. The maximum absolute atomic E-state index is 13.5. The van der Waals surface area contributed by atoms with Crippen LogP contribution in [0.25, 0.3) is 22.0 Å². The van der Waals surface area contributed by atoms with Crippen LogP contribution in [0.5, 0.6) is 0 Å². The minimum Gasteiger partial charge on any atom is -0.359 e. The second kappa shape index (κ2) is 10.2. The van der Waals surface area contributed by atoms with E-state index in [0.717, 1.165) is 39.7 Å². The zero-order valence-corrected chi connectivity index (χ0v) is 21.2. The number of benzene rings is 3. The van der Waals surface area contributed by atoms with Gasteiger partial charge in [-0.2, -0.15) is 13.2 Å². The molecule has 1 aliphatic rings. The molecule has 0 spiro atoms. The van der Waals surface area contributed by atoms with Crippen molar-refractivity contribution in [1.29, 1.82) is 0 Å². The smallest absolute Gasteiger partial charge is 0.359 e. The molecule has 2 heterocycles. The van der Waals surface area contributed by atoms with Gasteiger partial charge in [-0.05, 0) is 66.1 Å². The first kappa shape index (κ1) is 26.0. The molecule has 200 valence electrons. The second-order valence-electron chi connectivity index (χ2n) is 9.20. The molecule has 0 saturated carbocycles. The van der Waals surface area contributed by atoms with Gasteiger partial charge in [-0.15, -0.1) is 0 Å². The predicted octanol–water partition coefficient (Wildman–Crippen LogP) is 4.85. The van der Waals surface area contributed by atoms with Gasteiger partial charge in [0.25, 0.3) is 5.91 Å². The fourth-order valence-electron chi connectivity index (χ4n) is 4.52. The highest BCUT2D eigenvalue weighted by atomic mass is 19.4. The highest BCUT2D eigenvalue weighted by Gasteiger charge is 2.32. The molecule has 3 aromatic carbocycles. The highest BCUT2D eigenvalue weighted by molar-refractivity contribution is 6.07. The average molecular weight is 535 g/mol. The summed E-state index contributed by atoms with van der Waals surface area (Å²) in [5.74, 6) is -0.310. The molecule has 11 heteroatoms. The van der Waals surface area contributed by atoms with Gasteiger partial charge >= 0.3 is 6.18 Å². The summed E-state index contributed by atoms with van der Waals surface area (Å²) in [5, 5.41) is 9.06. The van der Waals surface area contributed by atoms with Gasteiger partial charge in [0, 0.05) is 37.3 Å². The number of anilines is 3. The molecular formula is C28H25F3N6O2. The number of alkyl halides is 3. The van der Waals surface area contributed by atoms with Crippen molar-refractivity contribution < 1.29 is 22.8 Å². The van der Waals surface area contributed by atoms with Crippen molar-refractivity contribution in [2.45, 2.75) is 13.1 Å². The second-order valence-corrected chi connectivity index (χ2v) is 9.20. The molecular weight excluding hydrogens is 509 g/mol. The molecule has 0 bridgehead atoms. The van der Waals surface area contributed by atoms with Crippen LogP contribution in [0.1, 0.15) is 21.5 Å². The lowest BCUT2D eigenvalue weighted by Crippen LogP contribution is -2.48. The minimum absolute atomic E-state index is 0.0187. The Kier molecular flexibility index (Phi) is 6.81. The highest BCUT2D eigenvalue weighted by Crippen LogP contribution is 2.36. The number of piperazine rings is 1. The van der Waals surface area contributed by atoms with E-state index >= 15 is 0 Å². The number of aryl methyl sites for hydroxylation is 1. The topological polar surface area (TPSA) is 99.3 Å². The Balaban J connectivity index is 1.48. The number of fused-ring (bicyclic) bond motifs is 1. The Morgan fingerprint density at radius 3 is 2.64 bits per heavy atom. The number of nitrogens with one attached hydrogen (secondary N) is 3. The largest absolute Gasteiger partial charge is 0.416 e. The molecule has 5 rings (SSSR count). The molecule has 0 radical (unpaired) electrons. The van der Waals surface area contributed by atoms with Crippen molar-refractivity contribution in [2.24, 2.45) is 0 Å². The van der Waals surface area contributed by atoms with Crippen LogP contribution in [-0.2, 0) is 11.0 Å². The zero-order valence-electron chi connectivity index (χ0n) is 21.2. The zero-order chi connectivity index (χ0) is 27.7. The monoisotopic (exact) mass is 534 g/mol. The van der Waals surface area contributed by atoms with Gasteiger partial charge in [0.15, 0.2) is 0 Å². The fraction of sp³-hybridized carbons (Fsp3) is 0.214. The van der Waals surface area contributed by atoms with Crippen molar-refractivity contribution in [3.63, 3.8) is 0 Å². The number of nitrogens with zero attached hydrogens (tertiary/aromatic N) is 3. The van der Waals surface area contributed by atoms with Crippen molar-refractivity contribution in [2.75, 3.05) is 42.2 Å². The number of aromatic nitrogens is 2. The lowest BCUT2D eigenvalue weighted by atomic mass is 9.97. The number of halogens is 3. The van der Waals surface area contributed by atoms with Gasteiger partial charge < -0.3 is 20.9 Å². The Morgan fingerprint density at radius 2 is 1.90 bits per heavy atom. The number of hydrogen-bond acceptors (Lipinski definition) is 6. The molecule has 4 aromatic rings.